The Morgan fingerprint density at radius 3 is 2.21 bits per heavy atom. The molecule has 2 saturated carbocycles. The molecule has 3 aromatic rings. The van der Waals surface area contributed by atoms with Crippen LogP contribution in [0.3, 0.4) is 0 Å². The second kappa shape index (κ2) is 6.46. The molecule has 1 heterocycles. The van der Waals surface area contributed by atoms with Crippen LogP contribution in [0.2, 0.25) is 5.02 Å². The summed E-state index contributed by atoms with van der Waals surface area (Å²) >= 11 is 6.31. The van der Waals surface area contributed by atoms with Crippen LogP contribution >= 0.6 is 11.6 Å². The smallest absolute Gasteiger partial charge is 0.200 e. The number of rotatable bonds is 1. The minimum Gasteiger partial charge on any atom is -0.261 e. The molecule has 0 amide bonds. The summed E-state index contributed by atoms with van der Waals surface area (Å²) in [5, 5.41) is 15.8. The summed E-state index contributed by atoms with van der Waals surface area (Å²) in [6, 6.07) is 26.1. The maximum atomic E-state index is 10.7. The SMILES string of the molecule is N#CN1[C@H]2[C@@H]3C[C@@H]([C@H]4CC=C[C@H]34)[C@H]2C2(c3ccccc3-c3ccccc32)N1c1ccc(Cl)cc1. The lowest BCUT2D eigenvalue weighted by Gasteiger charge is -2.44. The Labute approximate surface area is 204 Å². The van der Waals surface area contributed by atoms with E-state index in [9.17, 15) is 5.26 Å². The molecule has 0 aromatic heterocycles. The Hall–Kier alpha value is -3.22. The summed E-state index contributed by atoms with van der Waals surface area (Å²) in [5.74, 6) is 2.79. The van der Waals surface area contributed by atoms with Crippen LogP contribution in [-0.4, -0.2) is 11.1 Å². The molecule has 4 aliphatic carbocycles. The summed E-state index contributed by atoms with van der Waals surface area (Å²) in [6.45, 7) is 0. The highest BCUT2D eigenvalue weighted by atomic mass is 35.5. The molecule has 3 fully saturated rings. The first kappa shape index (κ1) is 19.1. The number of nitriles is 1. The maximum Gasteiger partial charge on any atom is 0.200 e. The fraction of sp³-hybridized carbons (Fsp3) is 0.300. The molecule has 2 bridgehead atoms. The van der Waals surface area contributed by atoms with Gasteiger partial charge in [-0.05, 0) is 83.0 Å². The molecular formula is C30H24ClN3. The predicted octanol–water partition coefficient (Wildman–Crippen LogP) is 6.61. The van der Waals surface area contributed by atoms with Gasteiger partial charge in [0.15, 0.2) is 6.19 Å². The van der Waals surface area contributed by atoms with Crippen LogP contribution in [0.25, 0.3) is 11.1 Å². The Balaban J connectivity index is 1.47. The van der Waals surface area contributed by atoms with Crippen LogP contribution in [0.4, 0.5) is 5.69 Å². The third-order valence-corrected chi connectivity index (χ3v) is 9.82. The van der Waals surface area contributed by atoms with E-state index in [4.69, 9.17) is 11.6 Å². The quantitative estimate of drug-likeness (QED) is 0.302. The van der Waals surface area contributed by atoms with Crippen molar-refractivity contribution in [2.45, 2.75) is 24.4 Å². The number of hydrazine groups is 1. The van der Waals surface area contributed by atoms with E-state index in [2.05, 4.69) is 89.0 Å². The summed E-state index contributed by atoms with van der Waals surface area (Å²) in [6.07, 6.45) is 9.94. The van der Waals surface area contributed by atoms with Crippen molar-refractivity contribution in [2.24, 2.45) is 29.6 Å². The third kappa shape index (κ3) is 2.02. The van der Waals surface area contributed by atoms with Crippen LogP contribution < -0.4 is 5.01 Å². The van der Waals surface area contributed by atoms with E-state index in [0.29, 0.717) is 34.6 Å². The Bertz CT molecular complexity index is 1360. The van der Waals surface area contributed by atoms with Gasteiger partial charge >= 0.3 is 0 Å². The van der Waals surface area contributed by atoms with Crippen molar-refractivity contribution >= 4 is 17.3 Å². The molecule has 3 aromatic carbocycles. The molecule has 0 unspecified atom stereocenters. The second-order valence-corrected chi connectivity index (χ2v) is 11.0. The first-order valence-corrected chi connectivity index (χ1v) is 12.7. The van der Waals surface area contributed by atoms with Crippen LogP contribution in [0.1, 0.15) is 24.0 Å². The highest BCUT2D eigenvalue weighted by molar-refractivity contribution is 6.30. The van der Waals surface area contributed by atoms with E-state index in [-0.39, 0.29) is 6.04 Å². The summed E-state index contributed by atoms with van der Waals surface area (Å²) < 4.78 is 0. The van der Waals surface area contributed by atoms with Crippen molar-refractivity contribution in [3.05, 3.63) is 101 Å². The second-order valence-electron chi connectivity index (χ2n) is 10.6. The van der Waals surface area contributed by atoms with Gasteiger partial charge in [-0.15, -0.1) is 0 Å². The van der Waals surface area contributed by atoms with Crippen molar-refractivity contribution in [1.29, 1.82) is 5.26 Å². The number of nitrogens with zero attached hydrogens (tertiary/aromatic N) is 3. The minimum absolute atomic E-state index is 0.203. The van der Waals surface area contributed by atoms with Crippen LogP contribution in [0, 0.1) is 41.0 Å². The molecule has 0 N–H and O–H groups in total. The Morgan fingerprint density at radius 1 is 0.853 bits per heavy atom. The van der Waals surface area contributed by atoms with Crippen LogP contribution in [0.15, 0.2) is 84.9 Å². The van der Waals surface area contributed by atoms with Gasteiger partial charge in [-0.25, -0.2) is 5.01 Å². The highest BCUT2D eigenvalue weighted by Gasteiger charge is 2.74. The molecule has 3 nitrogen and oxygen atoms in total. The summed E-state index contributed by atoms with van der Waals surface area (Å²) in [5.41, 5.74) is 5.93. The van der Waals surface area contributed by atoms with Gasteiger partial charge in [-0.1, -0.05) is 72.3 Å². The molecule has 1 saturated heterocycles. The van der Waals surface area contributed by atoms with E-state index in [0.717, 1.165) is 5.69 Å². The zero-order valence-electron chi connectivity index (χ0n) is 18.7. The molecule has 1 aliphatic heterocycles. The molecule has 6 atom stereocenters. The molecular weight excluding hydrogens is 438 g/mol. The van der Waals surface area contributed by atoms with Gasteiger partial charge in [0.1, 0.15) is 5.54 Å². The lowest BCUT2D eigenvalue weighted by molar-refractivity contribution is 0.131. The number of anilines is 1. The zero-order chi connectivity index (χ0) is 22.6. The highest BCUT2D eigenvalue weighted by Crippen LogP contribution is 2.72. The van der Waals surface area contributed by atoms with E-state index in [1.54, 1.807) is 0 Å². The molecule has 34 heavy (non-hydrogen) atoms. The molecule has 8 rings (SSSR count). The third-order valence-electron chi connectivity index (χ3n) is 9.57. The zero-order valence-corrected chi connectivity index (χ0v) is 19.4. The Kier molecular flexibility index (Phi) is 3.64. The molecule has 0 radical (unpaired) electrons. The predicted molar refractivity (Wildman–Crippen MR) is 134 cm³/mol. The molecule has 166 valence electrons. The number of allylic oxidation sites excluding steroid dienone is 2. The van der Waals surface area contributed by atoms with Crippen molar-refractivity contribution in [3.8, 4) is 17.3 Å². The van der Waals surface area contributed by atoms with Crippen LogP contribution in [-0.2, 0) is 5.54 Å². The number of halogens is 1. The van der Waals surface area contributed by atoms with E-state index >= 15 is 0 Å². The standard InChI is InChI=1S/C30H24ClN3/c31-18-12-14-19(15-13-18)34-30(26-10-3-1-6-22(26)23-7-2-4-11-27(23)30)28-24-16-25(29(28)33(34)17-32)21-9-5-8-20(21)24/h1-7,9-15,20-21,24-25,28-29H,8,16H2/t20-,21-,24-,25+,28+,29-/m0/s1. The van der Waals surface area contributed by atoms with Gasteiger partial charge in [-0.2, -0.15) is 5.26 Å². The fourth-order valence-electron chi connectivity index (χ4n) is 8.75. The average molecular weight is 462 g/mol. The number of benzene rings is 3. The summed E-state index contributed by atoms with van der Waals surface area (Å²) in [4.78, 5) is 0. The number of hydrogen-bond donors (Lipinski definition) is 0. The minimum atomic E-state index is -0.394. The van der Waals surface area contributed by atoms with Gasteiger partial charge in [0.05, 0.1) is 11.7 Å². The first-order valence-electron chi connectivity index (χ1n) is 12.4. The topological polar surface area (TPSA) is 30.3 Å². The number of fused-ring (bicyclic) bond motifs is 14. The number of hydrogen-bond acceptors (Lipinski definition) is 3. The summed E-state index contributed by atoms with van der Waals surface area (Å²) in [7, 11) is 0. The lowest BCUT2D eigenvalue weighted by Crippen LogP contribution is -2.50. The normalized spacial score (nSPS) is 32.6. The van der Waals surface area contributed by atoms with E-state index < -0.39 is 5.54 Å². The van der Waals surface area contributed by atoms with Crippen molar-refractivity contribution in [1.82, 2.24) is 5.01 Å². The largest absolute Gasteiger partial charge is 0.261 e. The van der Waals surface area contributed by atoms with Crippen molar-refractivity contribution in [3.63, 3.8) is 0 Å². The maximum absolute atomic E-state index is 10.7. The Morgan fingerprint density at radius 2 is 1.53 bits per heavy atom. The van der Waals surface area contributed by atoms with Gasteiger partial charge in [-0.3, -0.25) is 5.01 Å². The molecule has 5 aliphatic rings. The van der Waals surface area contributed by atoms with Gasteiger partial charge in [0, 0.05) is 10.9 Å². The van der Waals surface area contributed by atoms with Gasteiger partial charge in [0.25, 0.3) is 0 Å². The van der Waals surface area contributed by atoms with Gasteiger partial charge < -0.3 is 0 Å². The fourth-order valence-corrected chi connectivity index (χ4v) is 8.87. The molecule has 4 heteroatoms. The van der Waals surface area contributed by atoms with E-state index in [1.807, 2.05) is 12.1 Å². The van der Waals surface area contributed by atoms with Crippen molar-refractivity contribution < 1.29 is 0 Å². The first-order chi connectivity index (χ1) is 16.7. The monoisotopic (exact) mass is 461 g/mol. The average Bonchev–Trinajstić information content (AvgIpc) is 3.66. The van der Waals surface area contributed by atoms with Crippen LogP contribution in [0.5, 0.6) is 0 Å². The van der Waals surface area contributed by atoms with Gasteiger partial charge in [0.2, 0.25) is 0 Å². The molecule has 1 spiro atoms. The van der Waals surface area contributed by atoms with Crippen molar-refractivity contribution in [2.75, 3.05) is 5.01 Å². The lowest BCUT2D eigenvalue weighted by atomic mass is 9.63. The van der Waals surface area contributed by atoms with E-state index in [1.165, 1.54) is 35.1 Å².